The van der Waals surface area contributed by atoms with Gasteiger partial charge in [-0.3, -0.25) is 13.9 Å². The second-order valence-corrected chi connectivity index (χ2v) is 11.7. The van der Waals surface area contributed by atoms with Gasteiger partial charge in [0.05, 0.1) is 26.2 Å². The number of methoxy groups -OCH3 is 2. The van der Waals surface area contributed by atoms with Crippen LogP contribution in [0.5, 0.6) is 11.5 Å². The molecule has 41 heavy (non-hydrogen) atoms. The standard InChI is InChI=1S/C31H39N3O6S/c1-6-17-32-31(36)28(20-24-11-8-7-9-12-24)33(21-25-13-10-14-26(19-25)39-3)30(35)22-34(41(5,37)38)27-18-23(2)15-16-29(27)40-4/h7-16,18-19,28H,6,17,20-22H2,1-5H3,(H,32,36)/t28-/m1/s1. The largest absolute Gasteiger partial charge is 0.497 e. The number of carbonyl (C=O) groups is 2. The summed E-state index contributed by atoms with van der Waals surface area (Å²) in [7, 11) is -0.916. The molecule has 0 bridgehead atoms. The minimum Gasteiger partial charge on any atom is -0.497 e. The summed E-state index contributed by atoms with van der Waals surface area (Å²) < 4.78 is 37.9. The molecule has 10 heteroatoms. The third-order valence-electron chi connectivity index (χ3n) is 6.59. The Morgan fingerprint density at radius 2 is 1.63 bits per heavy atom. The van der Waals surface area contributed by atoms with Crippen molar-refractivity contribution in [3.8, 4) is 11.5 Å². The maximum absolute atomic E-state index is 14.2. The Morgan fingerprint density at radius 3 is 2.27 bits per heavy atom. The maximum Gasteiger partial charge on any atom is 0.244 e. The number of aryl methyl sites for hydroxylation is 1. The van der Waals surface area contributed by atoms with Crippen molar-refractivity contribution < 1.29 is 27.5 Å². The van der Waals surface area contributed by atoms with Gasteiger partial charge in [-0.1, -0.05) is 55.5 Å². The van der Waals surface area contributed by atoms with Gasteiger partial charge in [-0.05, 0) is 54.3 Å². The molecule has 0 aliphatic rings. The molecule has 0 aromatic heterocycles. The summed E-state index contributed by atoms with van der Waals surface area (Å²) in [6.07, 6.45) is 2.02. The van der Waals surface area contributed by atoms with E-state index >= 15 is 0 Å². The lowest BCUT2D eigenvalue weighted by Crippen LogP contribution is -2.53. The highest BCUT2D eigenvalue weighted by Gasteiger charge is 2.33. The second-order valence-electron chi connectivity index (χ2n) is 9.81. The van der Waals surface area contributed by atoms with E-state index in [9.17, 15) is 18.0 Å². The number of rotatable bonds is 14. The fraction of sp³-hybridized carbons (Fsp3) is 0.355. The summed E-state index contributed by atoms with van der Waals surface area (Å²) in [4.78, 5) is 29.2. The minimum atomic E-state index is -3.91. The lowest BCUT2D eigenvalue weighted by molar-refractivity contribution is -0.140. The van der Waals surface area contributed by atoms with Crippen LogP contribution in [0.15, 0.2) is 72.8 Å². The van der Waals surface area contributed by atoms with Gasteiger partial charge in [-0.25, -0.2) is 8.42 Å². The Bertz CT molecular complexity index is 1430. The first-order valence-corrected chi connectivity index (χ1v) is 15.3. The van der Waals surface area contributed by atoms with Crippen LogP contribution in [0.1, 0.15) is 30.0 Å². The van der Waals surface area contributed by atoms with Gasteiger partial charge in [0.2, 0.25) is 21.8 Å². The van der Waals surface area contributed by atoms with Gasteiger partial charge in [0.25, 0.3) is 0 Å². The van der Waals surface area contributed by atoms with Crippen LogP contribution in [0.2, 0.25) is 0 Å². The summed E-state index contributed by atoms with van der Waals surface area (Å²) in [5.41, 5.74) is 2.65. The fourth-order valence-corrected chi connectivity index (χ4v) is 5.32. The molecule has 0 saturated carbocycles. The van der Waals surface area contributed by atoms with E-state index in [0.717, 1.165) is 33.7 Å². The summed E-state index contributed by atoms with van der Waals surface area (Å²) >= 11 is 0. The molecular weight excluding hydrogens is 542 g/mol. The van der Waals surface area contributed by atoms with E-state index in [-0.39, 0.29) is 24.6 Å². The first-order valence-electron chi connectivity index (χ1n) is 13.4. The maximum atomic E-state index is 14.2. The topological polar surface area (TPSA) is 105 Å². The van der Waals surface area contributed by atoms with Crippen molar-refractivity contribution in [2.45, 2.75) is 39.3 Å². The van der Waals surface area contributed by atoms with E-state index in [2.05, 4.69) is 5.32 Å². The monoisotopic (exact) mass is 581 g/mol. The van der Waals surface area contributed by atoms with E-state index in [4.69, 9.17) is 9.47 Å². The van der Waals surface area contributed by atoms with Gasteiger partial charge >= 0.3 is 0 Å². The number of hydrogen-bond acceptors (Lipinski definition) is 6. The average molecular weight is 582 g/mol. The molecule has 0 heterocycles. The summed E-state index contributed by atoms with van der Waals surface area (Å²) in [6.45, 7) is 3.77. The quantitative estimate of drug-likeness (QED) is 0.309. The summed E-state index contributed by atoms with van der Waals surface area (Å²) in [5.74, 6) is 0.0715. The van der Waals surface area contributed by atoms with E-state index in [1.807, 2.05) is 50.2 Å². The number of ether oxygens (including phenoxy) is 2. The van der Waals surface area contributed by atoms with Crippen LogP contribution in [-0.4, -0.2) is 64.7 Å². The lowest BCUT2D eigenvalue weighted by atomic mass is 10.0. The predicted octanol–water partition coefficient (Wildman–Crippen LogP) is 3.94. The Kier molecular flexibility index (Phi) is 11.2. The average Bonchev–Trinajstić information content (AvgIpc) is 2.96. The van der Waals surface area contributed by atoms with E-state index in [1.54, 1.807) is 43.5 Å². The molecule has 0 radical (unpaired) electrons. The predicted molar refractivity (Wildman–Crippen MR) is 161 cm³/mol. The molecule has 3 aromatic rings. The summed E-state index contributed by atoms with van der Waals surface area (Å²) in [6, 6.07) is 20.9. The van der Waals surface area contributed by atoms with Crippen molar-refractivity contribution in [1.82, 2.24) is 10.2 Å². The molecule has 1 atom stereocenters. The van der Waals surface area contributed by atoms with Crippen molar-refractivity contribution in [2.24, 2.45) is 0 Å². The van der Waals surface area contributed by atoms with E-state index in [1.165, 1.54) is 12.0 Å². The zero-order chi connectivity index (χ0) is 30.0. The Labute approximate surface area is 243 Å². The number of nitrogens with one attached hydrogen (secondary N) is 1. The molecule has 0 fully saturated rings. The van der Waals surface area contributed by atoms with Crippen LogP contribution < -0.4 is 19.1 Å². The lowest BCUT2D eigenvalue weighted by Gasteiger charge is -2.34. The molecular formula is C31H39N3O6S. The molecule has 1 N–H and O–H groups in total. The number of nitrogens with zero attached hydrogens (tertiary/aromatic N) is 2. The molecule has 0 saturated heterocycles. The van der Waals surface area contributed by atoms with Crippen LogP contribution in [0.4, 0.5) is 5.69 Å². The summed E-state index contributed by atoms with van der Waals surface area (Å²) in [5, 5.41) is 2.93. The van der Waals surface area contributed by atoms with Crippen LogP contribution in [0.3, 0.4) is 0 Å². The van der Waals surface area contributed by atoms with Gasteiger partial charge < -0.3 is 19.7 Å². The van der Waals surface area contributed by atoms with Gasteiger partial charge in [-0.2, -0.15) is 0 Å². The van der Waals surface area contributed by atoms with Crippen LogP contribution >= 0.6 is 0 Å². The number of carbonyl (C=O) groups excluding carboxylic acids is 2. The molecule has 3 aromatic carbocycles. The second kappa shape index (κ2) is 14.5. The van der Waals surface area contributed by atoms with Crippen molar-refractivity contribution in [3.05, 3.63) is 89.5 Å². The zero-order valence-electron chi connectivity index (χ0n) is 24.3. The SMILES string of the molecule is CCCNC(=O)[C@@H](Cc1ccccc1)N(Cc1cccc(OC)c1)C(=O)CN(c1cc(C)ccc1OC)S(C)(=O)=O. The normalized spacial score (nSPS) is 11.8. The van der Waals surface area contributed by atoms with Crippen molar-refractivity contribution in [1.29, 1.82) is 0 Å². The highest BCUT2D eigenvalue weighted by Crippen LogP contribution is 2.31. The van der Waals surface area contributed by atoms with Crippen LogP contribution in [0.25, 0.3) is 0 Å². The van der Waals surface area contributed by atoms with Gasteiger partial charge in [0, 0.05) is 19.5 Å². The van der Waals surface area contributed by atoms with Gasteiger partial charge in [-0.15, -0.1) is 0 Å². The highest BCUT2D eigenvalue weighted by atomic mass is 32.2. The van der Waals surface area contributed by atoms with Gasteiger partial charge in [0.1, 0.15) is 24.1 Å². The number of sulfonamides is 1. The Balaban J connectivity index is 2.10. The third kappa shape index (κ3) is 8.72. The Morgan fingerprint density at radius 1 is 0.927 bits per heavy atom. The molecule has 9 nitrogen and oxygen atoms in total. The highest BCUT2D eigenvalue weighted by molar-refractivity contribution is 7.92. The van der Waals surface area contributed by atoms with Crippen molar-refractivity contribution >= 4 is 27.5 Å². The Hall–Kier alpha value is -4.05. The molecule has 220 valence electrons. The first kappa shape index (κ1) is 31.5. The molecule has 0 aliphatic heterocycles. The molecule has 0 spiro atoms. The van der Waals surface area contributed by atoms with E-state index in [0.29, 0.717) is 18.0 Å². The molecule has 0 aliphatic carbocycles. The third-order valence-corrected chi connectivity index (χ3v) is 7.72. The first-order chi connectivity index (χ1) is 19.6. The van der Waals surface area contributed by atoms with Crippen molar-refractivity contribution in [3.63, 3.8) is 0 Å². The zero-order valence-corrected chi connectivity index (χ0v) is 25.1. The molecule has 3 rings (SSSR count). The van der Waals surface area contributed by atoms with Crippen LogP contribution in [0, 0.1) is 6.92 Å². The van der Waals surface area contributed by atoms with Crippen molar-refractivity contribution in [2.75, 3.05) is 37.9 Å². The number of anilines is 1. The van der Waals surface area contributed by atoms with E-state index < -0.39 is 28.5 Å². The number of hydrogen-bond donors (Lipinski definition) is 1. The number of benzene rings is 3. The van der Waals surface area contributed by atoms with Gasteiger partial charge in [0.15, 0.2) is 0 Å². The fourth-order valence-electron chi connectivity index (χ4n) is 4.48. The molecule has 2 amide bonds. The van der Waals surface area contributed by atoms with Crippen LogP contribution in [-0.2, 0) is 32.6 Å². The molecule has 0 unspecified atom stereocenters. The minimum absolute atomic E-state index is 0.0651. The smallest absolute Gasteiger partial charge is 0.244 e. The number of amides is 2.